The minimum absolute atomic E-state index is 0. The van der Waals surface area contributed by atoms with Crippen molar-refractivity contribution in [3.8, 4) is 11.5 Å². The van der Waals surface area contributed by atoms with Gasteiger partial charge in [0.2, 0.25) is 0 Å². The molecule has 0 aliphatic heterocycles. The topological polar surface area (TPSA) is 46.1 Å². The molecule has 2 rings (SSSR count). The molecule has 0 heterocycles. The third kappa shape index (κ3) is 18.9. The van der Waals surface area contributed by atoms with Crippen molar-refractivity contribution in [2.45, 2.75) is 174 Å². The molecular formula is C39H62CaO2. The Kier molecular flexibility index (Phi) is 25.0. The molecule has 3 heteroatoms. The second kappa shape index (κ2) is 26.7. The van der Waals surface area contributed by atoms with Crippen molar-refractivity contribution in [1.82, 2.24) is 0 Å². The molecule has 2 aromatic carbocycles. The van der Waals surface area contributed by atoms with Gasteiger partial charge >= 0.3 is 37.7 Å². The minimum atomic E-state index is 0. The number of hydrogen-bond donors (Lipinski definition) is 0. The van der Waals surface area contributed by atoms with Crippen LogP contribution >= 0.6 is 0 Å². The Balaban J connectivity index is 0.00000882. The van der Waals surface area contributed by atoms with Gasteiger partial charge in [0.25, 0.3) is 0 Å². The van der Waals surface area contributed by atoms with Crippen LogP contribution in [0.15, 0.2) is 36.4 Å². The van der Waals surface area contributed by atoms with Crippen molar-refractivity contribution in [3.63, 3.8) is 0 Å². The van der Waals surface area contributed by atoms with E-state index in [-0.39, 0.29) is 49.2 Å². The molecule has 0 aliphatic carbocycles. The Hall–Kier alpha value is -0.700. The number of aryl methyl sites for hydroxylation is 2. The van der Waals surface area contributed by atoms with E-state index in [0.717, 1.165) is 24.0 Å². The molecule has 2 aromatic rings. The second-order valence-electron chi connectivity index (χ2n) is 12.6. The van der Waals surface area contributed by atoms with Crippen LogP contribution in [0.2, 0.25) is 0 Å². The molecule has 0 radical (unpaired) electrons. The maximum atomic E-state index is 12.6. The van der Waals surface area contributed by atoms with Gasteiger partial charge in [-0.25, -0.2) is 0 Å². The normalized spacial score (nSPS) is 11.1. The van der Waals surface area contributed by atoms with Crippen LogP contribution in [-0.2, 0) is 19.3 Å². The monoisotopic (exact) mass is 602 g/mol. The molecule has 42 heavy (non-hydrogen) atoms. The molecule has 0 aliphatic rings. The van der Waals surface area contributed by atoms with Crippen LogP contribution < -0.4 is 10.2 Å². The van der Waals surface area contributed by atoms with E-state index in [2.05, 4.69) is 26.0 Å². The van der Waals surface area contributed by atoms with Crippen molar-refractivity contribution in [1.29, 1.82) is 0 Å². The van der Waals surface area contributed by atoms with Gasteiger partial charge in [-0.05, 0) is 43.2 Å². The third-order valence-corrected chi connectivity index (χ3v) is 8.77. The van der Waals surface area contributed by atoms with Crippen LogP contribution in [-0.4, -0.2) is 37.7 Å². The summed E-state index contributed by atoms with van der Waals surface area (Å²) >= 11 is 0. The standard InChI is InChI=1S/C39H64O2.Ca/c1-3-5-7-9-11-13-15-17-19-21-23-25-34-27-29-38(40)36(31-34)33-37-32-35(28-30-39(37)41)26-24-22-20-18-16-14-12-10-8-6-4-2;/h27-32,40-41H,3-26,33H2,1-2H3;/q;+2/p-2. The van der Waals surface area contributed by atoms with Crippen LogP contribution in [0.1, 0.15) is 177 Å². The Labute approximate surface area is 290 Å². The van der Waals surface area contributed by atoms with Crippen molar-refractivity contribution < 1.29 is 10.2 Å². The molecule has 0 fully saturated rings. The zero-order valence-corrected chi connectivity index (χ0v) is 29.9. The fraction of sp³-hybridized carbons (Fsp3) is 0.692. The Morgan fingerprint density at radius 2 is 0.690 bits per heavy atom. The first-order valence-electron chi connectivity index (χ1n) is 17.7. The van der Waals surface area contributed by atoms with Gasteiger partial charge in [0.1, 0.15) is 0 Å². The molecule has 0 N–H and O–H groups in total. The van der Waals surface area contributed by atoms with Gasteiger partial charge < -0.3 is 10.2 Å². The largest absolute Gasteiger partial charge is 2.00 e. The van der Waals surface area contributed by atoms with Crippen molar-refractivity contribution >= 4 is 37.7 Å². The van der Waals surface area contributed by atoms with Crippen molar-refractivity contribution in [2.24, 2.45) is 0 Å². The third-order valence-electron chi connectivity index (χ3n) is 8.77. The van der Waals surface area contributed by atoms with Crippen molar-refractivity contribution in [2.75, 3.05) is 0 Å². The Morgan fingerprint density at radius 3 is 1.00 bits per heavy atom. The van der Waals surface area contributed by atoms with E-state index in [4.69, 9.17) is 0 Å². The van der Waals surface area contributed by atoms with Crippen LogP contribution in [0, 0.1) is 0 Å². The zero-order valence-electron chi connectivity index (χ0n) is 27.7. The van der Waals surface area contributed by atoms with E-state index in [9.17, 15) is 10.2 Å². The fourth-order valence-corrected chi connectivity index (χ4v) is 6.04. The smallest absolute Gasteiger partial charge is 0.872 e. The molecular weight excluding hydrogens is 541 g/mol. The predicted molar refractivity (Wildman–Crippen MR) is 181 cm³/mol. The molecule has 0 amide bonds. The molecule has 232 valence electrons. The summed E-state index contributed by atoms with van der Waals surface area (Å²) in [5.74, 6) is 0.116. The van der Waals surface area contributed by atoms with Gasteiger partial charge in [-0.2, -0.15) is 0 Å². The summed E-state index contributed by atoms with van der Waals surface area (Å²) in [6.45, 7) is 4.55. The summed E-state index contributed by atoms with van der Waals surface area (Å²) in [4.78, 5) is 0. The minimum Gasteiger partial charge on any atom is -0.872 e. The van der Waals surface area contributed by atoms with E-state index >= 15 is 0 Å². The molecule has 0 unspecified atom stereocenters. The summed E-state index contributed by atoms with van der Waals surface area (Å²) in [6.07, 6.45) is 32.1. The molecule has 0 atom stereocenters. The van der Waals surface area contributed by atoms with Crippen molar-refractivity contribution in [3.05, 3.63) is 58.7 Å². The van der Waals surface area contributed by atoms with Crippen LogP contribution in [0.3, 0.4) is 0 Å². The molecule has 0 aromatic heterocycles. The molecule has 0 saturated heterocycles. The maximum Gasteiger partial charge on any atom is 2.00 e. The fourth-order valence-electron chi connectivity index (χ4n) is 6.04. The average molecular weight is 603 g/mol. The van der Waals surface area contributed by atoms with E-state index in [1.165, 1.54) is 152 Å². The molecule has 2 nitrogen and oxygen atoms in total. The van der Waals surface area contributed by atoms with Crippen LogP contribution in [0.5, 0.6) is 11.5 Å². The maximum absolute atomic E-state index is 12.6. The second-order valence-corrected chi connectivity index (χ2v) is 12.6. The summed E-state index contributed by atoms with van der Waals surface area (Å²) in [5.41, 5.74) is 4.02. The first kappa shape index (κ1) is 39.3. The SMILES string of the molecule is CCCCCCCCCCCCCc1ccc([O-])c(Cc2cc(CCCCCCCCCCCCC)ccc2[O-])c1.[Ca+2]. The van der Waals surface area contributed by atoms with Gasteiger partial charge in [0, 0.05) is 0 Å². The van der Waals surface area contributed by atoms with Crippen LogP contribution in [0.25, 0.3) is 0 Å². The van der Waals surface area contributed by atoms with E-state index in [0.29, 0.717) is 6.42 Å². The molecule has 0 spiro atoms. The number of benzene rings is 2. The van der Waals surface area contributed by atoms with Gasteiger partial charge in [-0.1, -0.05) is 190 Å². The van der Waals surface area contributed by atoms with E-state index in [1.807, 2.05) is 12.1 Å². The first-order valence-corrected chi connectivity index (χ1v) is 17.7. The van der Waals surface area contributed by atoms with Gasteiger partial charge in [-0.15, -0.1) is 11.5 Å². The predicted octanol–water partition coefficient (Wildman–Crippen LogP) is 10.8. The summed E-state index contributed by atoms with van der Waals surface area (Å²) in [6, 6.07) is 11.5. The zero-order chi connectivity index (χ0) is 29.4. The first-order chi connectivity index (χ1) is 20.1. The van der Waals surface area contributed by atoms with Gasteiger partial charge in [0.05, 0.1) is 0 Å². The van der Waals surface area contributed by atoms with Gasteiger partial charge in [0.15, 0.2) is 0 Å². The van der Waals surface area contributed by atoms with E-state index in [1.54, 1.807) is 12.1 Å². The summed E-state index contributed by atoms with van der Waals surface area (Å²) in [7, 11) is 0. The average Bonchev–Trinajstić information content (AvgIpc) is 2.97. The van der Waals surface area contributed by atoms with Crippen LogP contribution in [0.4, 0.5) is 0 Å². The number of unbranched alkanes of at least 4 members (excludes halogenated alkanes) is 20. The van der Waals surface area contributed by atoms with Gasteiger partial charge in [-0.3, -0.25) is 0 Å². The Morgan fingerprint density at radius 1 is 0.405 bits per heavy atom. The quantitative estimate of drug-likeness (QED) is 0.0794. The number of hydrogen-bond acceptors (Lipinski definition) is 2. The molecule has 0 bridgehead atoms. The van der Waals surface area contributed by atoms with E-state index < -0.39 is 0 Å². The summed E-state index contributed by atoms with van der Waals surface area (Å²) < 4.78 is 0. The Bertz CT molecular complexity index is 836. The number of rotatable bonds is 26. The summed E-state index contributed by atoms with van der Waals surface area (Å²) in [5, 5.41) is 25.2. The molecule has 0 saturated carbocycles.